The largest absolute Gasteiger partial charge is 0.452 e. The lowest BCUT2D eigenvalue weighted by atomic mass is 10.1. The molecule has 0 bridgehead atoms. The molecule has 0 aromatic heterocycles. The number of carbonyl (C=O) groups excluding carboxylic acids is 2. The molecule has 0 heterocycles. The third-order valence-corrected chi connectivity index (χ3v) is 1.84. The molecule has 16 heavy (non-hydrogen) atoms. The van der Waals surface area contributed by atoms with E-state index >= 15 is 0 Å². The molecule has 0 fully saturated rings. The summed E-state index contributed by atoms with van der Waals surface area (Å²) in [4.78, 5) is 22.3. The first-order chi connectivity index (χ1) is 7.67. The fourth-order valence-corrected chi connectivity index (χ4v) is 1.00. The molecule has 1 aromatic carbocycles. The Labute approximate surface area is 92.6 Å². The van der Waals surface area contributed by atoms with Gasteiger partial charge in [-0.05, 0) is 18.2 Å². The number of nitrogens with zero attached hydrogens (tertiary/aromatic N) is 1. The topological polar surface area (TPSA) is 79.2 Å². The van der Waals surface area contributed by atoms with Gasteiger partial charge in [-0.15, -0.1) is 0 Å². The molecule has 82 valence electrons. The molecule has 1 rings (SSSR count). The molecule has 0 spiro atoms. The van der Waals surface area contributed by atoms with E-state index in [1.54, 1.807) is 12.1 Å². The highest BCUT2D eigenvalue weighted by Gasteiger charge is 2.09. The lowest BCUT2D eigenvalue weighted by molar-refractivity contribution is -0.123. The summed E-state index contributed by atoms with van der Waals surface area (Å²) in [6.45, 7) is -0.327. The molecule has 5 nitrogen and oxygen atoms in total. The highest BCUT2D eigenvalue weighted by Crippen LogP contribution is 2.05. The molecule has 0 aliphatic carbocycles. The Kier molecular flexibility index (Phi) is 4.04. The summed E-state index contributed by atoms with van der Waals surface area (Å²) in [5.41, 5.74) is 0.623. The van der Waals surface area contributed by atoms with Crippen LogP contribution in [0.25, 0.3) is 0 Å². The first kappa shape index (κ1) is 11.7. The van der Waals surface area contributed by atoms with E-state index < -0.39 is 5.97 Å². The summed E-state index contributed by atoms with van der Waals surface area (Å²) in [7, 11) is 1.45. The van der Waals surface area contributed by atoms with Crippen LogP contribution in [0.3, 0.4) is 0 Å². The van der Waals surface area contributed by atoms with E-state index in [4.69, 9.17) is 10.00 Å². The molecular formula is C11H10N2O3. The first-order valence-corrected chi connectivity index (χ1v) is 4.55. The molecule has 0 atom stereocenters. The van der Waals surface area contributed by atoms with Crippen LogP contribution in [0.15, 0.2) is 24.3 Å². The zero-order valence-corrected chi connectivity index (χ0v) is 8.69. The van der Waals surface area contributed by atoms with Crippen LogP contribution in [0.1, 0.15) is 15.9 Å². The number of rotatable bonds is 3. The molecule has 0 aliphatic rings. The third kappa shape index (κ3) is 3.10. The second-order valence-electron chi connectivity index (χ2n) is 2.94. The number of nitriles is 1. The number of amides is 1. The summed E-state index contributed by atoms with van der Waals surface area (Å²) < 4.78 is 4.72. The van der Waals surface area contributed by atoms with Crippen molar-refractivity contribution in [3.8, 4) is 6.07 Å². The van der Waals surface area contributed by atoms with E-state index in [-0.39, 0.29) is 18.1 Å². The standard InChI is InChI=1S/C11H10N2O3/c1-13-10(14)7-16-11(15)9-4-2-3-8(5-9)6-12/h2-5H,7H2,1H3,(H,13,14). The lowest BCUT2D eigenvalue weighted by Gasteiger charge is -2.03. The minimum atomic E-state index is -0.624. The number of benzene rings is 1. The Morgan fingerprint density at radius 2 is 2.25 bits per heavy atom. The van der Waals surface area contributed by atoms with Gasteiger partial charge in [-0.25, -0.2) is 4.79 Å². The Hall–Kier alpha value is -2.35. The van der Waals surface area contributed by atoms with Crippen molar-refractivity contribution in [1.29, 1.82) is 5.26 Å². The van der Waals surface area contributed by atoms with Gasteiger partial charge in [-0.2, -0.15) is 5.26 Å². The van der Waals surface area contributed by atoms with Crippen molar-refractivity contribution in [1.82, 2.24) is 5.32 Å². The third-order valence-electron chi connectivity index (χ3n) is 1.84. The molecule has 0 radical (unpaired) electrons. The monoisotopic (exact) mass is 218 g/mol. The van der Waals surface area contributed by atoms with Crippen molar-refractivity contribution in [2.75, 3.05) is 13.7 Å². The van der Waals surface area contributed by atoms with Crippen LogP contribution in [0.2, 0.25) is 0 Å². The Morgan fingerprint density at radius 1 is 1.50 bits per heavy atom. The second kappa shape index (κ2) is 5.51. The zero-order chi connectivity index (χ0) is 12.0. The zero-order valence-electron chi connectivity index (χ0n) is 8.69. The normalized spacial score (nSPS) is 9.00. The average molecular weight is 218 g/mol. The Morgan fingerprint density at radius 3 is 2.88 bits per heavy atom. The van der Waals surface area contributed by atoms with Gasteiger partial charge in [0.2, 0.25) is 0 Å². The van der Waals surface area contributed by atoms with Gasteiger partial charge in [-0.3, -0.25) is 4.79 Å². The maximum Gasteiger partial charge on any atom is 0.338 e. The fourth-order valence-electron chi connectivity index (χ4n) is 1.00. The number of esters is 1. The van der Waals surface area contributed by atoms with Crippen LogP contribution in [-0.2, 0) is 9.53 Å². The van der Waals surface area contributed by atoms with E-state index in [9.17, 15) is 9.59 Å². The van der Waals surface area contributed by atoms with Gasteiger partial charge in [0.05, 0.1) is 17.2 Å². The average Bonchev–Trinajstić information content (AvgIpc) is 2.35. The van der Waals surface area contributed by atoms with Crippen LogP contribution in [-0.4, -0.2) is 25.5 Å². The summed E-state index contributed by atoms with van der Waals surface area (Å²) in [6, 6.07) is 8.00. The van der Waals surface area contributed by atoms with Gasteiger partial charge in [-0.1, -0.05) is 6.07 Å². The van der Waals surface area contributed by atoms with E-state index in [2.05, 4.69) is 5.32 Å². The summed E-state index contributed by atoms with van der Waals surface area (Å²) >= 11 is 0. The number of ether oxygens (including phenoxy) is 1. The quantitative estimate of drug-likeness (QED) is 0.747. The molecular weight excluding hydrogens is 208 g/mol. The number of carbonyl (C=O) groups is 2. The van der Waals surface area contributed by atoms with E-state index in [0.29, 0.717) is 5.56 Å². The molecule has 1 N–H and O–H groups in total. The van der Waals surface area contributed by atoms with Crippen LogP contribution in [0.4, 0.5) is 0 Å². The predicted molar refractivity (Wildman–Crippen MR) is 55.5 cm³/mol. The highest BCUT2D eigenvalue weighted by atomic mass is 16.5. The van der Waals surface area contributed by atoms with E-state index in [1.807, 2.05) is 6.07 Å². The molecule has 5 heteroatoms. The molecule has 1 aromatic rings. The van der Waals surface area contributed by atoms with Crippen molar-refractivity contribution < 1.29 is 14.3 Å². The van der Waals surface area contributed by atoms with Gasteiger partial charge in [0.1, 0.15) is 0 Å². The predicted octanol–water partition coefficient (Wildman–Crippen LogP) is 0.461. The smallest absolute Gasteiger partial charge is 0.338 e. The summed E-state index contributed by atoms with van der Waals surface area (Å²) in [5.74, 6) is -1.01. The van der Waals surface area contributed by atoms with Gasteiger partial charge in [0.15, 0.2) is 6.61 Å². The molecule has 0 aliphatic heterocycles. The van der Waals surface area contributed by atoms with Gasteiger partial charge < -0.3 is 10.1 Å². The van der Waals surface area contributed by atoms with Crippen molar-refractivity contribution in [2.24, 2.45) is 0 Å². The van der Waals surface area contributed by atoms with E-state index in [0.717, 1.165) is 0 Å². The summed E-state index contributed by atoms with van der Waals surface area (Å²) in [5, 5.41) is 11.0. The van der Waals surface area contributed by atoms with Gasteiger partial charge in [0, 0.05) is 7.05 Å². The summed E-state index contributed by atoms with van der Waals surface area (Å²) in [6.07, 6.45) is 0. The minimum Gasteiger partial charge on any atom is -0.452 e. The van der Waals surface area contributed by atoms with E-state index in [1.165, 1.54) is 19.2 Å². The number of hydrogen-bond acceptors (Lipinski definition) is 4. The highest BCUT2D eigenvalue weighted by molar-refractivity contribution is 5.91. The number of hydrogen-bond donors (Lipinski definition) is 1. The maximum absolute atomic E-state index is 11.4. The molecule has 0 saturated carbocycles. The van der Waals surface area contributed by atoms with Crippen LogP contribution < -0.4 is 5.32 Å². The van der Waals surface area contributed by atoms with Crippen LogP contribution in [0, 0.1) is 11.3 Å². The van der Waals surface area contributed by atoms with Gasteiger partial charge in [0.25, 0.3) is 5.91 Å². The van der Waals surface area contributed by atoms with Gasteiger partial charge >= 0.3 is 5.97 Å². The number of nitrogens with one attached hydrogen (secondary N) is 1. The van der Waals surface area contributed by atoms with Crippen molar-refractivity contribution in [3.05, 3.63) is 35.4 Å². The molecule has 1 amide bonds. The first-order valence-electron chi connectivity index (χ1n) is 4.55. The van der Waals surface area contributed by atoms with Crippen LogP contribution >= 0.6 is 0 Å². The minimum absolute atomic E-state index is 0.253. The maximum atomic E-state index is 11.4. The lowest BCUT2D eigenvalue weighted by Crippen LogP contribution is -2.25. The second-order valence-corrected chi connectivity index (χ2v) is 2.94. The van der Waals surface area contributed by atoms with Crippen molar-refractivity contribution in [2.45, 2.75) is 0 Å². The van der Waals surface area contributed by atoms with Crippen LogP contribution in [0.5, 0.6) is 0 Å². The Bertz CT molecular complexity index is 449. The molecule has 0 saturated heterocycles. The van der Waals surface area contributed by atoms with Crippen molar-refractivity contribution in [3.63, 3.8) is 0 Å². The number of likely N-dealkylation sites (N-methyl/N-ethyl adjacent to an activating group) is 1. The van der Waals surface area contributed by atoms with Crippen molar-refractivity contribution >= 4 is 11.9 Å². The SMILES string of the molecule is CNC(=O)COC(=O)c1cccc(C#N)c1. The molecule has 0 unspecified atom stereocenters. The Balaban J connectivity index is 2.66. The fraction of sp³-hybridized carbons (Fsp3) is 0.182.